The third-order valence-electron chi connectivity index (χ3n) is 1.40. The molecule has 0 saturated heterocycles. The maximum Gasteiger partial charge on any atom is 0.154 e. The summed E-state index contributed by atoms with van der Waals surface area (Å²) in [7, 11) is 3.21. The van der Waals surface area contributed by atoms with E-state index in [1.54, 1.807) is 14.2 Å². The van der Waals surface area contributed by atoms with E-state index in [0.717, 1.165) is 4.47 Å². The van der Waals surface area contributed by atoms with Crippen LogP contribution < -0.4 is 0 Å². The highest BCUT2D eigenvalue weighted by molar-refractivity contribution is 9.10. The fourth-order valence-electron chi connectivity index (χ4n) is 0.511. The Morgan fingerprint density at radius 1 is 1.08 bits per heavy atom. The van der Waals surface area contributed by atoms with Gasteiger partial charge in [0, 0.05) is 18.7 Å². The monoisotopic (exact) mass is 246 g/mol. The summed E-state index contributed by atoms with van der Waals surface area (Å²) < 4.78 is 10.5. The first kappa shape index (κ1) is 12.6. The van der Waals surface area contributed by atoms with Crippen molar-refractivity contribution in [3.63, 3.8) is 0 Å². The number of ether oxygens (including phenoxy) is 2. The lowest BCUT2D eigenvalue weighted by Gasteiger charge is -2.03. The zero-order chi connectivity index (χ0) is 10.1. The number of methoxy groups -OCH3 is 2. The Balaban J connectivity index is 0.000000226. The molecule has 3 heteroatoms. The molecule has 0 atom stereocenters. The first-order chi connectivity index (χ1) is 6.20. The lowest BCUT2D eigenvalue weighted by Crippen LogP contribution is -2.05. The molecule has 0 saturated carbocycles. The van der Waals surface area contributed by atoms with Crippen molar-refractivity contribution in [2.24, 2.45) is 0 Å². The van der Waals surface area contributed by atoms with Crippen LogP contribution >= 0.6 is 15.9 Å². The first-order valence-corrected chi connectivity index (χ1v) is 4.76. The smallest absolute Gasteiger partial charge is 0.154 e. The van der Waals surface area contributed by atoms with E-state index in [2.05, 4.69) is 25.4 Å². The molecule has 1 rings (SSSR count). The van der Waals surface area contributed by atoms with E-state index in [0.29, 0.717) is 0 Å². The van der Waals surface area contributed by atoms with Gasteiger partial charge in [0.25, 0.3) is 0 Å². The summed E-state index contributed by atoms with van der Waals surface area (Å²) in [6.07, 6.45) is -0.0648. The molecule has 0 spiro atoms. The number of hydrogen-bond donors (Lipinski definition) is 0. The summed E-state index contributed by atoms with van der Waals surface area (Å²) in [5.41, 5.74) is 0. The molecule has 1 aromatic rings. The van der Waals surface area contributed by atoms with Crippen LogP contribution in [-0.2, 0) is 9.47 Å². The van der Waals surface area contributed by atoms with E-state index in [4.69, 9.17) is 0 Å². The predicted octanol–water partition coefficient (Wildman–Crippen LogP) is 3.07. The minimum absolute atomic E-state index is 0.0648. The maximum absolute atomic E-state index is 4.68. The third kappa shape index (κ3) is 7.96. The molecular weight excluding hydrogens is 232 g/mol. The second-order valence-electron chi connectivity index (χ2n) is 2.33. The number of hydrogen-bond acceptors (Lipinski definition) is 2. The predicted molar refractivity (Wildman–Crippen MR) is 57.6 cm³/mol. The van der Waals surface area contributed by atoms with Crippen molar-refractivity contribution in [1.29, 1.82) is 0 Å². The molecule has 0 heterocycles. The van der Waals surface area contributed by atoms with Gasteiger partial charge >= 0.3 is 0 Å². The fraction of sp³-hybridized carbons (Fsp3) is 0.400. The zero-order valence-electron chi connectivity index (χ0n) is 8.16. The van der Waals surface area contributed by atoms with Gasteiger partial charge < -0.3 is 9.47 Å². The number of halogens is 1. The molecule has 0 fully saturated rings. The van der Waals surface area contributed by atoms with Gasteiger partial charge in [-0.05, 0) is 19.1 Å². The summed E-state index contributed by atoms with van der Waals surface area (Å²) in [6.45, 7) is 1.83. The van der Waals surface area contributed by atoms with E-state index >= 15 is 0 Å². The molecule has 0 amide bonds. The number of rotatable bonds is 2. The van der Waals surface area contributed by atoms with Gasteiger partial charge in [0.2, 0.25) is 0 Å². The van der Waals surface area contributed by atoms with Gasteiger partial charge in [0.15, 0.2) is 6.29 Å². The van der Waals surface area contributed by atoms with Gasteiger partial charge in [-0.2, -0.15) is 0 Å². The van der Waals surface area contributed by atoms with Crippen molar-refractivity contribution in [3.8, 4) is 0 Å². The van der Waals surface area contributed by atoms with Crippen LogP contribution in [0.3, 0.4) is 0 Å². The van der Waals surface area contributed by atoms with Gasteiger partial charge in [-0.3, -0.25) is 0 Å². The van der Waals surface area contributed by atoms with E-state index in [1.807, 2.05) is 37.3 Å². The minimum atomic E-state index is -0.0648. The van der Waals surface area contributed by atoms with Crippen molar-refractivity contribution < 1.29 is 9.47 Å². The van der Waals surface area contributed by atoms with Crippen LogP contribution in [0.15, 0.2) is 34.8 Å². The molecule has 2 nitrogen and oxygen atoms in total. The summed E-state index contributed by atoms with van der Waals surface area (Å²) in [5, 5.41) is 0. The second kappa shape index (κ2) is 8.23. The Labute approximate surface area is 88.0 Å². The van der Waals surface area contributed by atoms with Gasteiger partial charge in [-0.25, -0.2) is 0 Å². The first-order valence-electron chi connectivity index (χ1n) is 3.96. The summed E-state index contributed by atoms with van der Waals surface area (Å²) in [4.78, 5) is 0. The zero-order valence-corrected chi connectivity index (χ0v) is 9.74. The van der Waals surface area contributed by atoms with Crippen molar-refractivity contribution in [1.82, 2.24) is 0 Å². The molecule has 0 unspecified atom stereocenters. The van der Waals surface area contributed by atoms with Crippen LogP contribution in [0, 0.1) is 0 Å². The Kier molecular flexibility index (Phi) is 7.99. The summed E-state index contributed by atoms with van der Waals surface area (Å²) >= 11 is 3.31. The summed E-state index contributed by atoms with van der Waals surface area (Å²) in [6, 6.07) is 9.97. The fourth-order valence-corrected chi connectivity index (χ4v) is 0.816. The van der Waals surface area contributed by atoms with E-state index in [-0.39, 0.29) is 6.29 Å². The Morgan fingerprint density at radius 2 is 1.54 bits per heavy atom. The molecule has 0 radical (unpaired) electrons. The molecule has 0 bridgehead atoms. The highest BCUT2D eigenvalue weighted by atomic mass is 79.9. The molecule has 74 valence electrons. The SMILES string of the molecule is Brc1ccccc1.COC(C)OC. The quantitative estimate of drug-likeness (QED) is 0.747. The van der Waals surface area contributed by atoms with E-state index in [9.17, 15) is 0 Å². The topological polar surface area (TPSA) is 18.5 Å². The Hall–Kier alpha value is -0.380. The second-order valence-corrected chi connectivity index (χ2v) is 3.25. The average Bonchev–Trinajstić information content (AvgIpc) is 2.19. The van der Waals surface area contributed by atoms with Crippen LogP contribution in [0.4, 0.5) is 0 Å². The van der Waals surface area contributed by atoms with Crippen molar-refractivity contribution >= 4 is 15.9 Å². The van der Waals surface area contributed by atoms with Gasteiger partial charge in [-0.1, -0.05) is 34.1 Å². The standard InChI is InChI=1S/C6H5Br.C4H10O2/c7-6-4-2-1-3-5-6;1-4(5-2)6-3/h1-5H;4H,1-3H3. The van der Waals surface area contributed by atoms with Crippen LogP contribution in [0.25, 0.3) is 0 Å². The normalized spacial score (nSPS) is 9.31. The highest BCUT2D eigenvalue weighted by Crippen LogP contribution is 2.05. The maximum atomic E-state index is 4.68. The lowest BCUT2D eigenvalue weighted by atomic mass is 10.4. The van der Waals surface area contributed by atoms with Crippen LogP contribution in [0.1, 0.15) is 6.92 Å². The molecule has 0 aliphatic heterocycles. The Morgan fingerprint density at radius 3 is 1.69 bits per heavy atom. The lowest BCUT2D eigenvalue weighted by molar-refractivity contribution is -0.0877. The van der Waals surface area contributed by atoms with Crippen molar-refractivity contribution in [2.45, 2.75) is 13.2 Å². The van der Waals surface area contributed by atoms with Gasteiger partial charge in [0.1, 0.15) is 0 Å². The van der Waals surface area contributed by atoms with Crippen LogP contribution in [0.2, 0.25) is 0 Å². The molecule has 0 aromatic heterocycles. The molecule has 1 aromatic carbocycles. The molecule has 13 heavy (non-hydrogen) atoms. The number of benzene rings is 1. The molecule has 0 aliphatic rings. The van der Waals surface area contributed by atoms with E-state index in [1.165, 1.54) is 0 Å². The Bertz CT molecular complexity index is 197. The van der Waals surface area contributed by atoms with Crippen LogP contribution in [0.5, 0.6) is 0 Å². The van der Waals surface area contributed by atoms with E-state index < -0.39 is 0 Å². The third-order valence-corrected chi connectivity index (χ3v) is 1.93. The molecule has 0 N–H and O–H groups in total. The van der Waals surface area contributed by atoms with Crippen molar-refractivity contribution in [2.75, 3.05) is 14.2 Å². The van der Waals surface area contributed by atoms with Crippen molar-refractivity contribution in [3.05, 3.63) is 34.8 Å². The largest absolute Gasteiger partial charge is 0.356 e. The van der Waals surface area contributed by atoms with Crippen LogP contribution in [-0.4, -0.2) is 20.5 Å². The molecular formula is C10H15BrO2. The average molecular weight is 247 g/mol. The van der Waals surface area contributed by atoms with Gasteiger partial charge in [-0.15, -0.1) is 0 Å². The van der Waals surface area contributed by atoms with Gasteiger partial charge in [0.05, 0.1) is 0 Å². The molecule has 0 aliphatic carbocycles. The minimum Gasteiger partial charge on any atom is -0.356 e. The highest BCUT2D eigenvalue weighted by Gasteiger charge is 1.87. The summed E-state index contributed by atoms with van der Waals surface area (Å²) in [5.74, 6) is 0.